The highest BCUT2D eigenvalue weighted by molar-refractivity contribution is 6.31. The maximum Gasteiger partial charge on any atom is 0.127 e. The van der Waals surface area contributed by atoms with Gasteiger partial charge in [0.25, 0.3) is 0 Å². The maximum absolute atomic E-state index is 10.5. The van der Waals surface area contributed by atoms with Crippen LogP contribution in [-0.4, -0.2) is 17.4 Å². The van der Waals surface area contributed by atoms with Crippen LogP contribution in [0.4, 0.5) is 0 Å². The second-order valence-corrected chi connectivity index (χ2v) is 7.93. The molecule has 0 bridgehead atoms. The van der Waals surface area contributed by atoms with Gasteiger partial charge in [0.15, 0.2) is 0 Å². The second-order valence-electron chi connectivity index (χ2n) is 7.08. The Kier molecular flexibility index (Phi) is 6.28. The molecule has 4 nitrogen and oxygen atoms in total. The van der Waals surface area contributed by atoms with E-state index in [4.69, 9.17) is 32.9 Å². The predicted molar refractivity (Wildman–Crippen MR) is 122 cm³/mol. The topological polar surface area (TPSA) is 53.8 Å². The number of halogens is 2. The number of rotatable bonds is 5. The number of phenols is 1. The second kappa shape index (κ2) is 9.09. The predicted octanol–water partition coefficient (Wildman–Crippen LogP) is 6.32. The van der Waals surface area contributed by atoms with E-state index in [1.165, 1.54) is 0 Å². The lowest BCUT2D eigenvalue weighted by Gasteiger charge is -2.31. The molecule has 1 aliphatic heterocycles. The molecule has 30 heavy (non-hydrogen) atoms. The van der Waals surface area contributed by atoms with Crippen LogP contribution in [0.2, 0.25) is 10.0 Å². The molecule has 2 atom stereocenters. The monoisotopic (exact) mass is 440 g/mol. The number of benzene rings is 3. The number of hydrogen-bond acceptors (Lipinski definition) is 4. The summed E-state index contributed by atoms with van der Waals surface area (Å²) in [6, 6.07) is 20.5. The van der Waals surface area contributed by atoms with Crippen molar-refractivity contribution in [3.05, 3.63) is 93.5 Å². The van der Waals surface area contributed by atoms with Crippen LogP contribution in [0.3, 0.4) is 0 Å². The number of nitrogens with one attached hydrogen (secondary N) is 1. The van der Waals surface area contributed by atoms with Gasteiger partial charge in [0.2, 0.25) is 0 Å². The van der Waals surface area contributed by atoms with E-state index in [1.54, 1.807) is 18.2 Å². The quantitative estimate of drug-likeness (QED) is 0.487. The first kappa shape index (κ1) is 20.7. The van der Waals surface area contributed by atoms with Crippen molar-refractivity contribution in [2.75, 3.05) is 6.61 Å². The van der Waals surface area contributed by atoms with E-state index in [0.29, 0.717) is 23.1 Å². The minimum Gasteiger partial charge on any atom is -0.508 e. The normalized spacial score (nSPS) is 18.7. The standard InChI is InChI=1S/C24H22Cl2N2O2/c1-2-30-17-10-7-15(8-11-17)21-14-22(19-13-16(25)9-12-23(19)29)28-24(27-21)18-5-3-4-6-20(18)26/h3-13,22,24,28-29H,2,14H2,1H3/t22-,24-/m0/s1. The molecule has 0 aromatic heterocycles. The number of phenolic OH excluding ortho intramolecular Hbond substituents is 1. The first-order chi connectivity index (χ1) is 14.5. The van der Waals surface area contributed by atoms with Crippen LogP contribution in [0.5, 0.6) is 11.5 Å². The first-order valence-corrected chi connectivity index (χ1v) is 10.6. The molecule has 0 radical (unpaired) electrons. The summed E-state index contributed by atoms with van der Waals surface area (Å²) < 4.78 is 5.56. The van der Waals surface area contributed by atoms with Gasteiger partial charge >= 0.3 is 0 Å². The Labute approximate surface area is 186 Å². The lowest BCUT2D eigenvalue weighted by Crippen LogP contribution is -2.33. The lowest BCUT2D eigenvalue weighted by molar-refractivity contribution is 0.340. The zero-order valence-electron chi connectivity index (χ0n) is 16.5. The minimum atomic E-state index is -0.350. The highest BCUT2D eigenvalue weighted by Crippen LogP contribution is 2.37. The third kappa shape index (κ3) is 4.46. The van der Waals surface area contributed by atoms with Gasteiger partial charge < -0.3 is 9.84 Å². The SMILES string of the molecule is CCOc1ccc(C2=N[C@H](c3ccccc3Cl)N[C@H](c3cc(Cl)ccc3O)C2)cc1. The number of aromatic hydroxyl groups is 1. The summed E-state index contributed by atoms with van der Waals surface area (Å²) >= 11 is 12.7. The Morgan fingerprint density at radius 2 is 1.80 bits per heavy atom. The zero-order valence-corrected chi connectivity index (χ0v) is 18.0. The number of aliphatic imine (C=N–C) groups is 1. The van der Waals surface area contributed by atoms with Crippen LogP contribution in [0, 0.1) is 0 Å². The molecule has 0 amide bonds. The van der Waals surface area contributed by atoms with Gasteiger partial charge in [0.1, 0.15) is 17.7 Å². The Balaban J connectivity index is 1.75. The number of ether oxygens (including phenoxy) is 1. The van der Waals surface area contributed by atoms with Crippen molar-refractivity contribution in [2.24, 2.45) is 4.99 Å². The van der Waals surface area contributed by atoms with Crippen LogP contribution in [0.15, 0.2) is 71.7 Å². The molecule has 4 rings (SSSR count). The molecule has 1 aliphatic rings. The zero-order chi connectivity index (χ0) is 21.1. The van der Waals surface area contributed by atoms with Crippen molar-refractivity contribution < 1.29 is 9.84 Å². The smallest absolute Gasteiger partial charge is 0.127 e. The average molecular weight is 441 g/mol. The van der Waals surface area contributed by atoms with Crippen LogP contribution in [-0.2, 0) is 0 Å². The van der Waals surface area contributed by atoms with E-state index in [1.807, 2.05) is 55.5 Å². The average Bonchev–Trinajstić information content (AvgIpc) is 2.76. The van der Waals surface area contributed by atoms with E-state index in [0.717, 1.165) is 28.2 Å². The fourth-order valence-corrected chi connectivity index (χ4v) is 4.07. The summed E-state index contributed by atoms with van der Waals surface area (Å²) in [7, 11) is 0. The van der Waals surface area contributed by atoms with Gasteiger partial charge in [0.05, 0.1) is 6.61 Å². The van der Waals surface area contributed by atoms with Gasteiger partial charge in [-0.1, -0.05) is 41.4 Å². The van der Waals surface area contributed by atoms with E-state index in [2.05, 4.69) is 5.32 Å². The summed E-state index contributed by atoms with van der Waals surface area (Å²) in [5, 5.41) is 15.2. The molecular weight excluding hydrogens is 419 g/mol. The number of hydrogen-bond donors (Lipinski definition) is 2. The molecule has 3 aromatic rings. The Morgan fingerprint density at radius 1 is 1.03 bits per heavy atom. The van der Waals surface area contributed by atoms with Crippen LogP contribution in [0.25, 0.3) is 0 Å². The van der Waals surface area contributed by atoms with Gasteiger partial charge in [-0.3, -0.25) is 10.3 Å². The fraction of sp³-hybridized carbons (Fsp3) is 0.208. The molecule has 1 heterocycles. The molecule has 154 valence electrons. The Bertz CT molecular complexity index is 1070. The van der Waals surface area contributed by atoms with Crippen LogP contribution < -0.4 is 10.1 Å². The summed E-state index contributed by atoms with van der Waals surface area (Å²) in [5.41, 5.74) is 3.54. The largest absolute Gasteiger partial charge is 0.508 e. The molecule has 0 unspecified atom stereocenters. The third-order valence-electron chi connectivity index (χ3n) is 5.10. The molecule has 0 fully saturated rings. The molecule has 0 saturated heterocycles. The summed E-state index contributed by atoms with van der Waals surface area (Å²) in [4.78, 5) is 4.95. The molecule has 0 spiro atoms. The Hall–Kier alpha value is -2.53. The summed E-state index contributed by atoms with van der Waals surface area (Å²) in [6.45, 7) is 2.58. The highest BCUT2D eigenvalue weighted by atomic mass is 35.5. The van der Waals surface area contributed by atoms with Crippen molar-refractivity contribution in [1.29, 1.82) is 0 Å². The molecular formula is C24H22Cl2N2O2. The number of nitrogens with zero attached hydrogens (tertiary/aromatic N) is 1. The van der Waals surface area contributed by atoms with E-state index < -0.39 is 0 Å². The van der Waals surface area contributed by atoms with Gasteiger partial charge in [-0.15, -0.1) is 0 Å². The van der Waals surface area contributed by atoms with Crippen molar-refractivity contribution in [3.8, 4) is 11.5 Å². The van der Waals surface area contributed by atoms with Crippen molar-refractivity contribution >= 4 is 28.9 Å². The van der Waals surface area contributed by atoms with Gasteiger partial charge in [0, 0.05) is 39.3 Å². The van der Waals surface area contributed by atoms with E-state index >= 15 is 0 Å². The summed E-state index contributed by atoms with van der Waals surface area (Å²) in [6.07, 6.45) is 0.250. The van der Waals surface area contributed by atoms with Crippen molar-refractivity contribution in [2.45, 2.75) is 25.6 Å². The minimum absolute atomic E-state index is 0.177. The van der Waals surface area contributed by atoms with Crippen molar-refractivity contribution in [1.82, 2.24) is 5.32 Å². The summed E-state index contributed by atoms with van der Waals surface area (Å²) in [5.74, 6) is 1.02. The van der Waals surface area contributed by atoms with Crippen LogP contribution in [0.1, 0.15) is 42.2 Å². The Morgan fingerprint density at radius 3 is 2.53 bits per heavy atom. The van der Waals surface area contributed by atoms with Crippen molar-refractivity contribution in [3.63, 3.8) is 0 Å². The maximum atomic E-state index is 10.5. The van der Waals surface area contributed by atoms with Gasteiger partial charge in [-0.25, -0.2) is 0 Å². The highest BCUT2D eigenvalue weighted by Gasteiger charge is 2.28. The first-order valence-electron chi connectivity index (χ1n) is 9.84. The fourth-order valence-electron chi connectivity index (χ4n) is 3.65. The molecule has 0 saturated carbocycles. The molecule has 0 aliphatic carbocycles. The lowest BCUT2D eigenvalue weighted by atomic mass is 9.93. The molecule has 3 aromatic carbocycles. The van der Waals surface area contributed by atoms with E-state index in [9.17, 15) is 5.11 Å². The van der Waals surface area contributed by atoms with Crippen LogP contribution >= 0.6 is 23.2 Å². The van der Waals surface area contributed by atoms with E-state index in [-0.39, 0.29) is 18.0 Å². The van der Waals surface area contributed by atoms with Gasteiger partial charge in [-0.2, -0.15) is 0 Å². The van der Waals surface area contributed by atoms with Gasteiger partial charge in [-0.05, 0) is 61.0 Å². The molecule has 6 heteroatoms. The molecule has 2 N–H and O–H groups in total. The third-order valence-corrected chi connectivity index (χ3v) is 5.68.